The van der Waals surface area contributed by atoms with Gasteiger partial charge >= 0.3 is 0 Å². The Morgan fingerprint density at radius 2 is 2.35 bits per heavy atom. The molecule has 0 bridgehead atoms. The number of alkyl halides is 1. The second-order valence-corrected chi connectivity index (χ2v) is 6.28. The summed E-state index contributed by atoms with van der Waals surface area (Å²) in [5.74, 6) is 1.41. The number of pyridine rings is 1. The van der Waals surface area contributed by atoms with Gasteiger partial charge in [0, 0.05) is 25.3 Å². The topological polar surface area (TPSA) is 39.9 Å². The minimum absolute atomic E-state index is 0.124. The molecule has 0 spiro atoms. The molecule has 5 heteroatoms. The lowest BCUT2D eigenvalue weighted by atomic mass is 10.0. The van der Waals surface area contributed by atoms with Crippen LogP contribution in [-0.2, 0) is 11.3 Å². The van der Waals surface area contributed by atoms with Gasteiger partial charge in [0.2, 0.25) is 0 Å². The van der Waals surface area contributed by atoms with Crippen LogP contribution in [0.4, 0.5) is 0 Å². The molecule has 3 unspecified atom stereocenters. The molecule has 0 N–H and O–H groups in total. The van der Waals surface area contributed by atoms with E-state index in [9.17, 15) is 0 Å². The van der Waals surface area contributed by atoms with Crippen LogP contribution in [-0.4, -0.2) is 27.2 Å². The van der Waals surface area contributed by atoms with Gasteiger partial charge in [0.05, 0.1) is 11.5 Å². The molecule has 1 saturated heterocycles. The number of imidazole rings is 1. The monoisotopic (exact) mass is 293 g/mol. The van der Waals surface area contributed by atoms with Crippen molar-refractivity contribution in [3.8, 4) is 0 Å². The van der Waals surface area contributed by atoms with Crippen molar-refractivity contribution in [3.63, 3.8) is 0 Å². The summed E-state index contributed by atoms with van der Waals surface area (Å²) in [6.07, 6.45) is 3.21. The Kier molecular flexibility index (Phi) is 3.69. The van der Waals surface area contributed by atoms with Crippen molar-refractivity contribution in [1.29, 1.82) is 0 Å². The molecule has 0 saturated carbocycles. The molecule has 20 heavy (non-hydrogen) atoms. The van der Waals surface area contributed by atoms with Gasteiger partial charge in [-0.25, -0.2) is 9.97 Å². The molecule has 0 radical (unpaired) electrons. The van der Waals surface area contributed by atoms with Gasteiger partial charge < -0.3 is 9.30 Å². The summed E-state index contributed by atoms with van der Waals surface area (Å²) in [6.45, 7) is 7.88. The summed E-state index contributed by atoms with van der Waals surface area (Å²) >= 11 is 6.31. The SMILES string of the molecule is Cc1ccnc2c1nc(C(C)Cl)n2CC1CCOC1C. The summed E-state index contributed by atoms with van der Waals surface area (Å²) in [6, 6.07) is 1.99. The van der Waals surface area contributed by atoms with Gasteiger partial charge in [0.1, 0.15) is 11.3 Å². The third kappa shape index (κ3) is 2.31. The Balaban J connectivity index is 2.07. The molecule has 0 aromatic carbocycles. The molecule has 0 aliphatic carbocycles. The van der Waals surface area contributed by atoms with Crippen molar-refractivity contribution >= 4 is 22.8 Å². The molecule has 2 aromatic rings. The van der Waals surface area contributed by atoms with E-state index in [4.69, 9.17) is 21.3 Å². The van der Waals surface area contributed by atoms with Crippen LogP contribution in [0.15, 0.2) is 12.3 Å². The highest BCUT2D eigenvalue weighted by Crippen LogP contribution is 2.29. The smallest absolute Gasteiger partial charge is 0.160 e. The first-order chi connectivity index (χ1) is 9.58. The van der Waals surface area contributed by atoms with Gasteiger partial charge in [-0.05, 0) is 38.8 Å². The third-order valence-corrected chi connectivity index (χ3v) is 4.37. The van der Waals surface area contributed by atoms with Gasteiger partial charge in [-0.3, -0.25) is 0 Å². The van der Waals surface area contributed by atoms with E-state index in [0.29, 0.717) is 5.92 Å². The maximum absolute atomic E-state index is 6.31. The van der Waals surface area contributed by atoms with Crippen LogP contribution in [0.25, 0.3) is 11.2 Å². The van der Waals surface area contributed by atoms with E-state index in [-0.39, 0.29) is 11.5 Å². The molecule has 0 amide bonds. The Hall–Kier alpha value is -1.13. The molecule has 3 heterocycles. The molecule has 3 atom stereocenters. The fourth-order valence-electron chi connectivity index (χ4n) is 2.89. The molecule has 3 rings (SSSR count). The standard InChI is InChI=1S/C15H20ClN3O/c1-9-4-6-17-15-13(9)18-14(10(2)16)19(15)8-12-5-7-20-11(12)3/h4,6,10-12H,5,7-8H2,1-3H3. The lowest BCUT2D eigenvalue weighted by Crippen LogP contribution is -2.19. The Bertz CT molecular complexity index is 623. The van der Waals surface area contributed by atoms with Gasteiger partial charge in [0.15, 0.2) is 5.65 Å². The van der Waals surface area contributed by atoms with Crippen LogP contribution in [0, 0.1) is 12.8 Å². The lowest BCUT2D eigenvalue weighted by Gasteiger charge is -2.17. The van der Waals surface area contributed by atoms with Crippen molar-refractivity contribution in [3.05, 3.63) is 23.7 Å². The van der Waals surface area contributed by atoms with E-state index in [1.165, 1.54) is 0 Å². The molecular formula is C15H20ClN3O. The van der Waals surface area contributed by atoms with Crippen LogP contribution in [0.2, 0.25) is 0 Å². The number of hydrogen-bond donors (Lipinski definition) is 0. The van der Waals surface area contributed by atoms with Crippen molar-refractivity contribution in [2.24, 2.45) is 5.92 Å². The quantitative estimate of drug-likeness (QED) is 0.814. The summed E-state index contributed by atoms with van der Waals surface area (Å²) in [7, 11) is 0. The largest absolute Gasteiger partial charge is 0.378 e. The van der Waals surface area contributed by atoms with Crippen molar-refractivity contribution in [2.45, 2.75) is 45.2 Å². The van der Waals surface area contributed by atoms with Crippen molar-refractivity contribution < 1.29 is 4.74 Å². The average Bonchev–Trinajstić information content (AvgIpc) is 2.96. The number of nitrogens with zero attached hydrogens (tertiary/aromatic N) is 3. The van der Waals surface area contributed by atoms with Crippen LogP contribution in [0.1, 0.15) is 37.0 Å². The van der Waals surface area contributed by atoms with Crippen LogP contribution < -0.4 is 0 Å². The maximum atomic E-state index is 6.31. The Morgan fingerprint density at radius 3 is 3.00 bits per heavy atom. The van der Waals surface area contributed by atoms with Crippen molar-refractivity contribution in [1.82, 2.24) is 14.5 Å². The highest BCUT2D eigenvalue weighted by molar-refractivity contribution is 6.20. The summed E-state index contributed by atoms with van der Waals surface area (Å²) in [5.41, 5.74) is 3.04. The Labute approximate surface area is 124 Å². The van der Waals surface area contributed by atoms with Crippen LogP contribution in [0.3, 0.4) is 0 Å². The van der Waals surface area contributed by atoms with Gasteiger partial charge in [0.25, 0.3) is 0 Å². The lowest BCUT2D eigenvalue weighted by molar-refractivity contribution is 0.102. The zero-order chi connectivity index (χ0) is 14.3. The highest BCUT2D eigenvalue weighted by Gasteiger charge is 2.27. The number of fused-ring (bicyclic) bond motifs is 1. The first-order valence-corrected chi connectivity index (χ1v) is 7.59. The number of ether oxygens (including phenoxy) is 1. The minimum Gasteiger partial charge on any atom is -0.378 e. The predicted octanol–water partition coefficient (Wildman–Crippen LogP) is 3.46. The molecule has 1 aliphatic heterocycles. The van der Waals surface area contributed by atoms with Crippen LogP contribution >= 0.6 is 11.6 Å². The zero-order valence-electron chi connectivity index (χ0n) is 12.1. The summed E-state index contributed by atoms with van der Waals surface area (Å²) in [4.78, 5) is 9.22. The normalized spacial score (nSPS) is 24.4. The fourth-order valence-corrected chi connectivity index (χ4v) is 3.06. The number of rotatable bonds is 3. The summed E-state index contributed by atoms with van der Waals surface area (Å²) < 4.78 is 7.84. The molecule has 2 aromatic heterocycles. The second kappa shape index (κ2) is 5.34. The first kappa shape index (κ1) is 13.8. The van der Waals surface area contributed by atoms with E-state index >= 15 is 0 Å². The van der Waals surface area contributed by atoms with Crippen molar-refractivity contribution in [2.75, 3.05) is 6.61 Å². The van der Waals surface area contributed by atoms with E-state index in [0.717, 1.165) is 42.1 Å². The first-order valence-electron chi connectivity index (χ1n) is 7.15. The minimum atomic E-state index is -0.124. The predicted molar refractivity (Wildman–Crippen MR) is 80.1 cm³/mol. The maximum Gasteiger partial charge on any atom is 0.160 e. The van der Waals surface area contributed by atoms with Gasteiger partial charge in [-0.15, -0.1) is 11.6 Å². The molecule has 1 fully saturated rings. The fraction of sp³-hybridized carbons (Fsp3) is 0.600. The zero-order valence-corrected chi connectivity index (χ0v) is 12.9. The second-order valence-electron chi connectivity index (χ2n) is 5.62. The van der Waals surface area contributed by atoms with E-state index < -0.39 is 0 Å². The van der Waals surface area contributed by atoms with Crippen LogP contribution in [0.5, 0.6) is 0 Å². The number of aryl methyl sites for hydroxylation is 1. The van der Waals surface area contributed by atoms with E-state index in [1.807, 2.05) is 19.2 Å². The summed E-state index contributed by atoms with van der Waals surface area (Å²) in [5, 5.41) is -0.124. The van der Waals surface area contributed by atoms with Gasteiger partial charge in [-0.2, -0.15) is 0 Å². The Morgan fingerprint density at radius 1 is 1.55 bits per heavy atom. The average molecular weight is 294 g/mol. The highest BCUT2D eigenvalue weighted by atomic mass is 35.5. The van der Waals surface area contributed by atoms with E-state index in [1.54, 1.807) is 0 Å². The molecule has 1 aliphatic rings. The molecule has 4 nitrogen and oxygen atoms in total. The number of halogens is 1. The van der Waals surface area contributed by atoms with E-state index in [2.05, 4.69) is 23.4 Å². The van der Waals surface area contributed by atoms with Gasteiger partial charge in [-0.1, -0.05) is 0 Å². The third-order valence-electron chi connectivity index (χ3n) is 4.17. The molecule has 108 valence electrons. The number of aromatic nitrogens is 3. The number of hydrogen-bond acceptors (Lipinski definition) is 3. The molecular weight excluding hydrogens is 274 g/mol.